The summed E-state index contributed by atoms with van der Waals surface area (Å²) in [7, 11) is 0.0875. The predicted molar refractivity (Wildman–Crippen MR) is 174 cm³/mol. The second-order valence-electron chi connectivity index (χ2n) is 10.9. The van der Waals surface area contributed by atoms with Gasteiger partial charge < -0.3 is 24.4 Å². The molecule has 1 aliphatic carbocycles. The van der Waals surface area contributed by atoms with E-state index in [1.807, 2.05) is 6.07 Å². The summed E-state index contributed by atoms with van der Waals surface area (Å²) in [4.78, 5) is 29.0. The summed E-state index contributed by atoms with van der Waals surface area (Å²) >= 11 is 6.12. The normalized spacial score (nSPS) is 14.2. The number of amides is 2. The largest absolute Gasteiger partial charge is 0.497 e. The van der Waals surface area contributed by atoms with Crippen LogP contribution < -0.4 is 23.8 Å². The molecular weight excluding hydrogens is 618 g/mol. The minimum absolute atomic E-state index is 0.0402. The molecule has 2 amide bonds. The van der Waals surface area contributed by atoms with E-state index in [0.29, 0.717) is 16.5 Å². The SMILES string of the molecule is COc1cccc(CN(C(=O)CN(c2ccc(Cl)cc2)S(=O)(=O)c2ccc(OC)c(OC)c2)C(C)C(=O)NC2CCCCC2)c1. The van der Waals surface area contributed by atoms with Crippen molar-refractivity contribution in [1.82, 2.24) is 10.2 Å². The molecule has 242 valence electrons. The first-order valence-electron chi connectivity index (χ1n) is 14.8. The molecule has 10 nitrogen and oxygen atoms in total. The summed E-state index contributed by atoms with van der Waals surface area (Å²) in [6.45, 7) is 1.13. The molecule has 45 heavy (non-hydrogen) atoms. The van der Waals surface area contributed by atoms with Crippen molar-refractivity contribution in [3.05, 3.63) is 77.3 Å². The molecule has 0 saturated heterocycles. The quantitative estimate of drug-likeness (QED) is 0.261. The number of sulfonamides is 1. The van der Waals surface area contributed by atoms with Crippen LogP contribution in [0.4, 0.5) is 5.69 Å². The average molecular weight is 658 g/mol. The smallest absolute Gasteiger partial charge is 0.264 e. The van der Waals surface area contributed by atoms with E-state index >= 15 is 0 Å². The first-order chi connectivity index (χ1) is 21.6. The van der Waals surface area contributed by atoms with Crippen molar-refractivity contribution in [1.29, 1.82) is 0 Å². The van der Waals surface area contributed by atoms with Crippen LogP contribution in [0.3, 0.4) is 0 Å². The fourth-order valence-electron chi connectivity index (χ4n) is 5.36. The molecule has 0 spiro atoms. The number of carbonyl (C=O) groups excluding carboxylic acids is 2. The molecule has 0 heterocycles. The lowest BCUT2D eigenvalue weighted by atomic mass is 9.95. The molecule has 1 fully saturated rings. The van der Waals surface area contributed by atoms with Gasteiger partial charge in [-0.2, -0.15) is 0 Å². The van der Waals surface area contributed by atoms with Crippen molar-refractivity contribution in [2.24, 2.45) is 0 Å². The maximum absolute atomic E-state index is 14.2. The maximum Gasteiger partial charge on any atom is 0.264 e. The number of ether oxygens (including phenoxy) is 3. The van der Waals surface area contributed by atoms with Crippen LogP contribution in [0.15, 0.2) is 71.6 Å². The van der Waals surface area contributed by atoms with Crippen molar-refractivity contribution in [2.45, 2.75) is 62.6 Å². The number of benzene rings is 3. The van der Waals surface area contributed by atoms with Crippen molar-refractivity contribution in [3.63, 3.8) is 0 Å². The van der Waals surface area contributed by atoms with Gasteiger partial charge in [0.15, 0.2) is 11.5 Å². The van der Waals surface area contributed by atoms with Crippen molar-refractivity contribution in [3.8, 4) is 17.2 Å². The molecule has 0 aliphatic heterocycles. The third-order valence-corrected chi connectivity index (χ3v) is 9.96. The number of hydrogen-bond acceptors (Lipinski definition) is 7. The second-order valence-corrected chi connectivity index (χ2v) is 13.2. The molecule has 0 radical (unpaired) electrons. The zero-order valence-electron chi connectivity index (χ0n) is 26.0. The number of rotatable bonds is 13. The number of anilines is 1. The zero-order valence-corrected chi connectivity index (χ0v) is 27.6. The van der Waals surface area contributed by atoms with Gasteiger partial charge in [0.25, 0.3) is 10.0 Å². The van der Waals surface area contributed by atoms with E-state index in [2.05, 4.69) is 5.32 Å². The molecule has 4 rings (SSSR count). The molecular formula is C33H40ClN3O7S. The zero-order chi connectivity index (χ0) is 32.6. The highest BCUT2D eigenvalue weighted by Crippen LogP contribution is 2.33. The fraction of sp³-hybridized carbons (Fsp3) is 0.394. The van der Waals surface area contributed by atoms with Crippen molar-refractivity contribution >= 4 is 39.1 Å². The van der Waals surface area contributed by atoms with Crippen molar-refractivity contribution < 1.29 is 32.2 Å². The molecule has 12 heteroatoms. The van der Waals surface area contributed by atoms with Crippen LogP contribution in [-0.2, 0) is 26.2 Å². The Balaban J connectivity index is 1.71. The molecule has 3 aromatic carbocycles. The van der Waals surface area contributed by atoms with Gasteiger partial charge in [-0.05, 0) is 73.9 Å². The van der Waals surface area contributed by atoms with Gasteiger partial charge in [-0.15, -0.1) is 0 Å². The van der Waals surface area contributed by atoms with Gasteiger partial charge in [0.05, 0.1) is 31.9 Å². The molecule has 1 N–H and O–H groups in total. The topological polar surface area (TPSA) is 114 Å². The Kier molecular flexibility index (Phi) is 11.6. The van der Waals surface area contributed by atoms with Gasteiger partial charge in [-0.3, -0.25) is 13.9 Å². The van der Waals surface area contributed by atoms with Crippen molar-refractivity contribution in [2.75, 3.05) is 32.2 Å². The highest BCUT2D eigenvalue weighted by Gasteiger charge is 2.33. The molecule has 0 aromatic heterocycles. The third-order valence-electron chi connectivity index (χ3n) is 7.94. The summed E-state index contributed by atoms with van der Waals surface area (Å²) in [6, 6.07) is 16.7. The molecule has 1 saturated carbocycles. The summed E-state index contributed by atoms with van der Waals surface area (Å²) in [6.07, 6.45) is 4.98. The summed E-state index contributed by atoms with van der Waals surface area (Å²) in [5.74, 6) is 0.307. The van der Waals surface area contributed by atoms with E-state index < -0.39 is 28.5 Å². The van der Waals surface area contributed by atoms with Gasteiger partial charge in [0.2, 0.25) is 11.8 Å². The monoisotopic (exact) mass is 657 g/mol. The van der Waals surface area contributed by atoms with Gasteiger partial charge in [-0.1, -0.05) is 43.0 Å². The first-order valence-corrected chi connectivity index (χ1v) is 16.6. The number of halogens is 1. The third kappa shape index (κ3) is 8.40. The summed E-state index contributed by atoms with van der Waals surface area (Å²) in [5.41, 5.74) is 0.948. The van der Waals surface area contributed by atoms with E-state index in [1.165, 1.54) is 49.5 Å². The molecule has 0 bridgehead atoms. The molecule has 1 unspecified atom stereocenters. The van der Waals surface area contributed by atoms with Gasteiger partial charge >= 0.3 is 0 Å². The highest BCUT2D eigenvalue weighted by atomic mass is 35.5. The molecule has 3 aromatic rings. The van der Waals surface area contributed by atoms with Crippen LogP contribution in [-0.4, -0.2) is 65.1 Å². The first kappa shape index (κ1) is 33.9. The Labute approximate surface area is 270 Å². The van der Waals surface area contributed by atoms with Crippen LogP contribution in [0, 0.1) is 0 Å². The Morgan fingerprint density at radius 2 is 1.60 bits per heavy atom. The summed E-state index contributed by atoms with van der Waals surface area (Å²) < 4.78 is 45.4. The van der Waals surface area contributed by atoms with E-state index in [9.17, 15) is 18.0 Å². The van der Waals surface area contributed by atoms with E-state index in [1.54, 1.807) is 44.4 Å². The minimum Gasteiger partial charge on any atom is -0.497 e. The van der Waals surface area contributed by atoms with Crippen LogP contribution in [0.1, 0.15) is 44.6 Å². The van der Waals surface area contributed by atoms with Crippen LogP contribution >= 0.6 is 11.6 Å². The van der Waals surface area contributed by atoms with E-state index in [0.717, 1.165) is 42.0 Å². The minimum atomic E-state index is -4.32. The maximum atomic E-state index is 14.2. The van der Waals surface area contributed by atoms with Crippen LogP contribution in [0.25, 0.3) is 0 Å². The van der Waals surface area contributed by atoms with Crippen LogP contribution in [0.2, 0.25) is 5.02 Å². The van der Waals surface area contributed by atoms with Crippen LogP contribution in [0.5, 0.6) is 17.2 Å². The van der Waals surface area contributed by atoms with Gasteiger partial charge in [0.1, 0.15) is 18.3 Å². The second kappa shape index (κ2) is 15.4. The summed E-state index contributed by atoms with van der Waals surface area (Å²) in [5, 5.41) is 3.51. The Hall–Kier alpha value is -3.96. The number of nitrogens with zero attached hydrogens (tertiary/aromatic N) is 2. The lowest BCUT2D eigenvalue weighted by Crippen LogP contribution is -2.53. The number of hydrogen-bond donors (Lipinski definition) is 1. The van der Waals surface area contributed by atoms with Gasteiger partial charge in [-0.25, -0.2) is 8.42 Å². The average Bonchev–Trinajstić information content (AvgIpc) is 3.06. The van der Waals surface area contributed by atoms with Gasteiger partial charge in [0, 0.05) is 23.7 Å². The lowest BCUT2D eigenvalue weighted by molar-refractivity contribution is -0.139. The Morgan fingerprint density at radius 1 is 0.911 bits per heavy atom. The Morgan fingerprint density at radius 3 is 2.24 bits per heavy atom. The Bertz CT molecular complexity index is 1580. The molecule has 1 atom stereocenters. The van der Waals surface area contributed by atoms with E-state index in [4.69, 9.17) is 25.8 Å². The fourth-order valence-corrected chi connectivity index (χ4v) is 6.92. The lowest BCUT2D eigenvalue weighted by Gasteiger charge is -2.33. The predicted octanol–water partition coefficient (Wildman–Crippen LogP) is 5.43. The number of carbonyl (C=O) groups is 2. The number of methoxy groups -OCH3 is 3. The van der Waals surface area contributed by atoms with E-state index in [-0.39, 0.29) is 34.8 Å². The molecule has 1 aliphatic rings. The standard InChI is InChI=1S/C33H40ClN3O7S/c1-23(33(39)35-26-10-6-5-7-11-26)36(21-24-9-8-12-28(19-24)42-2)32(38)22-37(27-15-13-25(34)14-16-27)45(40,41)29-17-18-30(43-3)31(20-29)44-4/h8-9,12-20,23,26H,5-7,10-11,21-22H2,1-4H3,(H,35,39). The highest BCUT2D eigenvalue weighted by molar-refractivity contribution is 7.92. The number of nitrogens with one attached hydrogen (secondary N) is 1.